The van der Waals surface area contributed by atoms with Crippen LogP contribution in [-0.2, 0) is 5.54 Å². The Bertz CT molecular complexity index is 308. The minimum atomic E-state index is -0.540. The molecule has 0 heterocycles. The minimum absolute atomic E-state index is 0.0666. The number of aliphatic hydroxyl groups is 1. The van der Waals surface area contributed by atoms with E-state index < -0.39 is 5.54 Å². The van der Waals surface area contributed by atoms with E-state index in [1.54, 1.807) is 6.07 Å². The lowest BCUT2D eigenvalue weighted by atomic mass is 9.90. The molecule has 0 saturated carbocycles. The molecule has 14 heavy (non-hydrogen) atoms. The molecule has 0 aliphatic heterocycles. The number of hydrogen-bond acceptors (Lipinski definition) is 2. The smallest absolute Gasteiger partial charge is 0.0451 e. The van der Waals surface area contributed by atoms with Crippen molar-refractivity contribution in [2.24, 2.45) is 5.73 Å². The standard InChI is InChI=1S/C10H13BrClNO/c1-10(13,2-3-14)7-4-8(11)6-9(12)5-7/h4-6,14H,2-3,13H2,1H3. The van der Waals surface area contributed by atoms with Gasteiger partial charge in [-0.05, 0) is 37.1 Å². The van der Waals surface area contributed by atoms with Crippen molar-refractivity contribution < 1.29 is 5.11 Å². The third-order valence-electron chi connectivity index (χ3n) is 2.15. The fraction of sp³-hybridized carbons (Fsp3) is 0.400. The number of halogens is 2. The maximum absolute atomic E-state index is 8.88. The van der Waals surface area contributed by atoms with Gasteiger partial charge in [0.1, 0.15) is 0 Å². The van der Waals surface area contributed by atoms with Crippen molar-refractivity contribution in [1.29, 1.82) is 0 Å². The van der Waals surface area contributed by atoms with Gasteiger partial charge in [-0.25, -0.2) is 0 Å². The Morgan fingerprint density at radius 1 is 1.50 bits per heavy atom. The van der Waals surface area contributed by atoms with E-state index in [9.17, 15) is 0 Å². The van der Waals surface area contributed by atoms with Crippen LogP contribution in [0.15, 0.2) is 22.7 Å². The Hall–Kier alpha value is -0.0900. The third-order valence-corrected chi connectivity index (χ3v) is 2.83. The Kier molecular flexibility index (Phi) is 3.95. The van der Waals surface area contributed by atoms with Crippen LogP contribution in [0.3, 0.4) is 0 Å². The summed E-state index contributed by atoms with van der Waals surface area (Å²) < 4.78 is 0.898. The van der Waals surface area contributed by atoms with Crippen LogP contribution in [0.25, 0.3) is 0 Å². The highest BCUT2D eigenvalue weighted by Gasteiger charge is 2.21. The SMILES string of the molecule is CC(N)(CCO)c1cc(Cl)cc(Br)c1. The molecule has 78 valence electrons. The molecule has 3 N–H and O–H groups in total. The van der Waals surface area contributed by atoms with E-state index in [-0.39, 0.29) is 6.61 Å². The van der Waals surface area contributed by atoms with Crippen LogP contribution >= 0.6 is 27.5 Å². The van der Waals surface area contributed by atoms with Crippen LogP contribution in [0, 0.1) is 0 Å². The average Bonchev–Trinajstić information content (AvgIpc) is 2.02. The molecule has 1 rings (SSSR count). The van der Waals surface area contributed by atoms with Crippen molar-refractivity contribution in [3.05, 3.63) is 33.3 Å². The van der Waals surface area contributed by atoms with E-state index in [2.05, 4.69) is 15.9 Å². The number of benzene rings is 1. The van der Waals surface area contributed by atoms with E-state index in [1.165, 1.54) is 0 Å². The maximum Gasteiger partial charge on any atom is 0.0451 e. The molecule has 0 bridgehead atoms. The molecule has 4 heteroatoms. The lowest BCUT2D eigenvalue weighted by Crippen LogP contribution is -2.34. The van der Waals surface area contributed by atoms with Gasteiger partial charge in [0, 0.05) is 21.6 Å². The molecular weight excluding hydrogens is 265 g/mol. The first-order chi connectivity index (χ1) is 6.45. The van der Waals surface area contributed by atoms with Crippen molar-refractivity contribution in [3.63, 3.8) is 0 Å². The zero-order chi connectivity index (χ0) is 10.8. The predicted molar refractivity (Wildman–Crippen MR) is 62.4 cm³/mol. The first kappa shape index (κ1) is 12.0. The van der Waals surface area contributed by atoms with Crippen LogP contribution in [0.4, 0.5) is 0 Å². The van der Waals surface area contributed by atoms with Crippen molar-refractivity contribution >= 4 is 27.5 Å². The summed E-state index contributed by atoms with van der Waals surface area (Å²) in [7, 11) is 0. The van der Waals surface area contributed by atoms with Crippen molar-refractivity contribution in [3.8, 4) is 0 Å². The largest absolute Gasteiger partial charge is 0.396 e. The van der Waals surface area contributed by atoms with E-state index >= 15 is 0 Å². The van der Waals surface area contributed by atoms with Gasteiger partial charge >= 0.3 is 0 Å². The summed E-state index contributed by atoms with van der Waals surface area (Å²) >= 11 is 9.26. The van der Waals surface area contributed by atoms with Crippen LogP contribution in [0.5, 0.6) is 0 Å². The summed E-state index contributed by atoms with van der Waals surface area (Å²) in [5.41, 5.74) is 6.43. The van der Waals surface area contributed by atoms with Gasteiger partial charge in [0.15, 0.2) is 0 Å². The molecule has 0 fully saturated rings. The zero-order valence-electron chi connectivity index (χ0n) is 7.93. The minimum Gasteiger partial charge on any atom is -0.396 e. The van der Waals surface area contributed by atoms with Gasteiger partial charge < -0.3 is 10.8 Å². The topological polar surface area (TPSA) is 46.2 Å². The normalized spacial score (nSPS) is 15.2. The van der Waals surface area contributed by atoms with Gasteiger partial charge in [0.25, 0.3) is 0 Å². The van der Waals surface area contributed by atoms with E-state index in [1.807, 2.05) is 19.1 Å². The van der Waals surface area contributed by atoms with Crippen molar-refractivity contribution in [1.82, 2.24) is 0 Å². The Balaban J connectivity index is 3.05. The molecule has 1 aromatic rings. The van der Waals surface area contributed by atoms with Crippen LogP contribution < -0.4 is 5.73 Å². The predicted octanol–water partition coefficient (Wildman–Crippen LogP) is 2.66. The number of rotatable bonds is 3. The molecule has 0 aliphatic carbocycles. The number of hydrogen-bond donors (Lipinski definition) is 2. The number of nitrogens with two attached hydrogens (primary N) is 1. The molecule has 1 aromatic carbocycles. The molecule has 0 radical (unpaired) electrons. The van der Waals surface area contributed by atoms with Gasteiger partial charge in [0.2, 0.25) is 0 Å². The lowest BCUT2D eigenvalue weighted by molar-refractivity contribution is 0.247. The van der Waals surface area contributed by atoms with Crippen molar-refractivity contribution in [2.45, 2.75) is 18.9 Å². The fourth-order valence-electron chi connectivity index (χ4n) is 1.26. The molecule has 0 aromatic heterocycles. The molecule has 0 spiro atoms. The Morgan fingerprint density at radius 3 is 2.64 bits per heavy atom. The summed E-state index contributed by atoms with van der Waals surface area (Å²) in [4.78, 5) is 0. The van der Waals surface area contributed by atoms with Gasteiger partial charge in [0.05, 0.1) is 0 Å². The highest BCUT2D eigenvalue weighted by atomic mass is 79.9. The second kappa shape index (κ2) is 4.62. The molecule has 1 unspecified atom stereocenters. The quantitative estimate of drug-likeness (QED) is 0.893. The zero-order valence-corrected chi connectivity index (χ0v) is 10.3. The van der Waals surface area contributed by atoms with Crippen LogP contribution in [0.2, 0.25) is 5.02 Å². The molecule has 1 atom stereocenters. The first-order valence-electron chi connectivity index (χ1n) is 4.32. The van der Waals surface area contributed by atoms with E-state index in [4.69, 9.17) is 22.4 Å². The van der Waals surface area contributed by atoms with Crippen LogP contribution in [0.1, 0.15) is 18.9 Å². The van der Waals surface area contributed by atoms with Crippen LogP contribution in [-0.4, -0.2) is 11.7 Å². The van der Waals surface area contributed by atoms with E-state index in [0.717, 1.165) is 10.0 Å². The third kappa shape index (κ3) is 2.95. The molecule has 2 nitrogen and oxygen atoms in total. The Morgan fingerprint density at radius 2 is 2.14 bits per heavy atom. The summed E-state index contributed by atoms with van der Waals surface area (Å²) in [5, 5.41) is 9.52. The van der Waals surface area contributed by atoms with Gasteiger partial charge in [-0.2, -0.15) is 0 Å². The van der Waals surface area contributed by atoms with Crippen molar-refractivity contribution in [2.75, 3.05) is 6.61 Å². The monoisotopic (exact) mass is 277 g/mol. The molecule has 0 aliphatic rings. The van der Waals surface area contributed by atoms with Gasteiger partial charge in [-0.1, -0.05) is 27.5 Å². The molecular formula is C10H13BrClNO. The Labute approximate surface area is 97.2 Å². The summed E-state index contributed by atoms with van der Waals surface area (Å²) in [6, 6.07) is 5.55. The fourth-order valence-corrected chi connectivity index (χ4v) is 2.12. The second-order valence-electron chi connectivity index (χ2n) is 3.55. The van der Waals surface area contributed by atoms with E-state index in [0.29, 0.717) is 11.4 Å². The second-order valence-corrected chi connectivity index (χ2v) is 4.90. The summed E-state index contributed by atoms with van der Waals surface area (Å²) in [6.07, 6.45) is 0.514. The molecule has 0 amide bonds. The average molecular weight is 279 g/mol. The highest BCUT2D eigenvalue weighted by Crippen LogP contribution is 2.27. The highest BCUT2D eigenvalue weighted by molar-refractivity contribution is 9.10. The maximum atomic E-state index is 8.88. The lowest BCUT2D eigenvalue weighted by Gasteiger charge is -2.24. The summed E-state index contributed by atoms with van der Waals surface area (Å²) in [6.45, 7) is 1.94. The summed E-state index contributed by atoms with van der Waals surface area (Å²) in [5.74, 6) is 0. The molecule has 0 saturated heterocycles. The number of aliphatic hydroxyl groups excluding tert-OH is 1. The van der Waals surface area contributed by atoms with Gasteiger partial charge in [-0.15, -0.1) is 0 Å². The van der Waals surface area contributed by atoms with Gasteiger partial charge in [-0.3, -0.25) is 0 Å². The first-order valence-corrected chi connectivity index (χ1v) is 5.49.